The number of rotatable bonds is 5. The lowest BCUT2D eigenvalue weighted by atomic mass is 10.3. The van der Waals surface area contributed by atoms with Gasteiger partial charge >= 0.3 is 0 Å². The molecule has 0 aliphatic heterocycles. The van der Waals surface area contributed by atoms with Crippen molar-refractivity contribution in [3.8, 4) is 0 Å². The molecule has 1 N–H and O–H groups in total. The molecule has 0 saturated carbocycles. The Morgan fingerprint density at radius 1 is 1.37 bits per heavy atom. The van der Waals surface area contributed by atoms with E-state index in [0.717, 1.165) is 23.1 Å². The minimum atomic E-state index is 0.185. The molecule has 0 radical (unpaired) electrons. The zero-order chi connectivity index (χ0) is 14.0. The third-order valence-electron chi connectivity index (χ3n) is 3.05. The van der Waals surface area contributed by atoms with Gasteiger partial charge in [-0.05, 0) is 34.1 Å². The lowest BCUT2D eigenvalue weighted by Crippen LogP contribution is -2.12. The number of hydrogen-bond donors (Lipinski definition) is 1. The lowest BCUT2D eigenvalue weighted by Gasteiger charge is -2.16. The summed E-state index contributed by atoms with van der Waals surface area (Å²) in [4.78, 5) is 10.4. The topological polar surface area (TPSA) is 42.7 Å². The van der Waals surface area contributed by atoms with Crippen LogP contribution in [0.5, 0.6) is 0 Å². The van der Waals surface area contributed by atoms with Crippen molar-refractivity contribution in [2.75, 3.05) is 5.32 Å². The van der Waals surface area contributed by atoms with E-state index in [2.05, 4.69) is 53.7 Å². The first kappa shape index (κ1) is 14.1. The molecule has 0 aliphatic carbocycles. The van der Waals surface area contributed by atoms with E-state index in [-0.39, 0.29) is 6.04 Å². The molecule has 5 heteroatoms. The Morgan fingerprint density at radius 2 is 2.11 bits per heavy atom. The van der Waals surface area contributed by atoms with E-state index in [1.54, 1.807) is 11.3 Å². The average molecular weight is 278 g/mol. The largest absolute Gasteiger partial charge is 0.347 e. The van der Waals surface area contributed by atoms with E-state index in [1.165, 1.54) is 4.88 Å². The van der Waals surface area contributed by atoms with Crippen molar-refractivity contribution in [1.82, 2.24) is 14.5 Å². The van der Waals surface area contributed by atoms with Gasteiger partial charge in [-0.3, -0.25) is 0 Å². The summed E-state index contributed by atoms with van der Waals surface area (Å²) in [6.45, 7) is 10.6. The monoisotopic (exact) mass is 278 g/mol. The molecular weight excluding hydrogens is 256 g/mol. The van der Waals surface area contributed by atoms with Crippen LogP contribution < -0.4 is 5.32 Å². The number of aryl methyl sites for hydroxylation is 2. The van der Waals surface area contributed by atoms with Crippen LogP contribution in [0.2, 0.25) is 0 Å². The van der Waals surface area contributed by atoms with Gasteiger partial charge in [-0.2, -0.15) is 0 Å². The second kappa shape index (κ2) is 5.74. The minimum absolute atomic E-state index is 0.185. The molecule has 2 rings (SSSR count). The van der Waals surface area contributed by atoms with Crippen LogP contribution in [0.15, 0.2) is 12.4 Å². The van der Waals surface area contributed by atoms with Gasteiger partial charge in [0.05, 0.1) is 11.7 Å². The van der Waals surface area contributed by atoms with Crippen LogP contribution in [-0.2, 0) is 6.42 Å². The summed E-state index contributed by atoms with van der Waals surface area (Å²) in [7, 11) is 0. The average Bonchev–Trinajstić information content (AvgIpc) is 2.95. The Morgan fingerprint density at radius 3 is 2.68 bits per heavy atom. The fourth-order valence-electron chi connectivity index (χ4n) is 1.96. The summed E-state index contributed by atoms with van der Waals surface area (Å²) in [6, 6.07) is 0.586. The zero-order valence-electron chi connectivity index (χ0n) is 12.3. The summed E-state index contributed by atoms with van der Waals surface area (Å²) in [5.41, 5.74) is 1.04. The van der Waals surface area contributed by atoms with Crippen molar-refractivity contribution < 1.29 is 0 Å². The van der Waals surface area contributed by atoms with E-state index in [4.69, 9.17) is 0 Å². The highest BCUT2D eigenvalue weighted by molar-refractivity contribution is 7.11. The predicted molar refractivity (Wildman–Crippen MR) is 80.9 cm³/mol. The molecule has 2 aromatic rings. The molecule has 4 nitrogen and oxygen atoms in total. The van der Waals surface area contributed by atoms with Crippen molar-refractivity contribution in [2.24, 2.45) is 0 Å². The molecule has 1 atom stereocenters. The second-order valence-electron chi connectivity index (χ2n) is 5.09. The first-order valence-corrected chi connectivity index (χ1v) is 7.59. The lowest BCUT2D eigenvalue weighted by molar-refractivity contribution is 0.600. The highest BCUT2D eigenvalue weighted by Gasteiger charge is 2.14. The van der Waals surface area contributed by atoms with E-state index in [1.807, 2.05) is 13.1 Å². The van der Waals surface area contributed by atoms with Crippen LogP contribution in [0, 0.1) is 6.92 Å². The third-order valence-corrected chi connectivity index (χ3v) is 4.37. The van der Waals surface area contributed by atoms with Gasteiger partial charge in [0.1, 0.15) is 5.01 Å². The predicted octanol–water partition coefficient (Wildman–Crippen LogP) is 3.96. The van der Waals surface area contributed by atoms with Gasteiger partial charge in [0.15, 0.2) is 0 Å². The Labute approximate surface area is 118 Å². The number of anilines is 1. The number of thiazole rings is 1. The molecule has 0 spiro atoms. The molecule has 0 bridgehead atoms. The Kier molecular flexibility index (Phi) is 4.24. The van der Waals surface area contributed by atoms with E-state index in [0.29, 0.717) is 6.04 Å². The fourth-order valence-corrected chi connectivity index (χ4v) is 2.82. The molecule has 2 aromatic heterocycles. The summed E-state index contributed by atoms with van der Waals surface area (Å²) in [5, 5.41) is 4.58. The number of nitrogens with one attached hydrogen (secondary N) is 1. The van der Waals surface area contributed by atoms with Gasteiger partial charge < -0.3 is 9.88 Å². The molecule has 1 unspecified atom stereocenters. The number of aromatic nitrogens is 3. The van der Waals surface area contributed by atoms with Gasteiger partial charge in [-0.15, -0.1) is 11.3 Å². The van der Waals surface area contributed by atoms with Crippen LogP contribution in [0.3, 0.4) is 0 Å². The summed E-state index contributed by atoms with van der Waals surface area (Å²) in [6.07, 6.45) is 5.10. The highest BCUT2D eigenvalue weighted by atomic mass is 32.1. The van der Waals surface area contributed by atoms with Gasteiger partial charge in [0, 0.05) is 23.3 Å². The minimum Gasteiger partial charge on any atom is -0.347 e. The van der Waals surface area contributed by atoms with E-state index < -0.39 is 0 Å². The smallest absolute Gasteiger partial charge is 0.203 e. The van der Waals surface area contributed by atoms with Crippen molar-refractivity contribution >= 4 is 17.3 Å². The second-order valence-corrected chi connectivity index (χ2v) is 6.24. The first-order chi connectivity index (χ1) is 9.01. The summed E-state index contributed by atoms with van der Waals surface area (Å²) < 4.78 is 2.17. The summed E-state index contributed by atoms with van der Waals surface area (Å²) >= 11 is 1.77. The standard InChI is InChI=1S/C14H22N4S/c1-6-12-7-15-13(19-12)11(5)17-14-16-10(4)8-18(14)9(2)3/h7-9,11H,6H2,1-5H3,(H,16,17). The van der Waals surface area contributed by atoms with Crippen LogP contribution in [-0.4, -0.2) is 14.5 Å². The van der Waals surface area contributed by atoms with Crippen LogP contribution in [0.1, 0.15) is 55.4 Å². The number of hydrogen-bond acceptors (Lipinski definition) is 4. The molecule has 0 amide bonds. The van der Waals surface area contributed by atoms with Crippen molar-refractivity contribution in [3.05, 3.63) is 28.0 Å². The van der Waals surface area contributed by atoms with Crippen LogP contribution in [0.25, 0.3) is 0 Å². The normalized spacial score (nSPS) is 12.9. The molecule has 0 saturated heterocycles. The Hall–Kier alpha value is -1.36. The maximum atomic E-state index is 4.55. The molecule has 2 heterocycles. The molecule has 104 valence electrons. The first-order valence-electron chi connectivity index (χ1n) is 6.77. The van der Waals surface area contributed by atoms with Gasteiger partial charge in [0.2, 0.25) is 5.95 Å². The number of nitrogens with zero attached hydrogens (tertiary/aromatic N) is 3. The van der Waals surface area contributed by atoms with Gasteiger partial charge in [-0.1, -0.05) is 6.92 Å². The Bertz CT molecular complexity index is 541. The fraction of sp³-hybridized carbons (Fsp3) is 0.571. The van der Waals surface area contributed by atoms with E-state index in [9.17, 15) is 0 Å². The zero-order valence-corrected chi connectivity index (χ0v) is 13.1. The van der Waals surface area contributed by atoms with E-state index >= 15 is 0 Å². The van der Waals surface area contributed by atoms with Crippen molar-refractivity contribution in [1.29, 1.82) is 0 Å². The van der Waals surface area contributed by atoms with Crippen LogP contribution in [0.4, 0.5) is 5.95 Å². The molecule has 19 heavy (non-hydrogen) atoms. The molecule has 0 aliphatic rings. The van der Waals surface area contributed by atoms with Crippen molar-refractivity contribution in [2.45, 2.75) is 53.1 Å². The van der Waals surface area contributed by atoms with Gasteiger partial charge in [0.25, 0.3) is 0 Å². The maximum absolute atomic E-state index is 4.55. The number of imidazole rings is 1. The highest BCUT2D eigenvalue weighted by Crippen LogP contribution is 2.25. The maximum Gasteiger partial charge on any atom is 0.203 e. The molecular formula is C14H22N4S. The van der Waals surface area contributed by atoms with Crippen LogP contribution >= 0.6 is 11.3 Å². The molecule has 0 aromatic carbocycles. The molecule has 0 fully saturated rings. The quantitative estimate of drug-likeness (QED) is 0.900. The third kappa shape index (κ3) is 3.15. The van der Waals surface area contributed by atoms with Crippen molar-refractivity contribution in [3.63, 3.8) is 0 Å². The van der Waals surface area contributed by atoms with Gasteiger partial charge in [-0.25, -0.2) is 9.97 Å². The summed E-state index contributed by atoms with van der Waals surface area (Å²) in [5.74, 6) is 0.924. The Balaban J connectivity index is 2.16. The SMILES string of the molecule is CCc1cnc(C(C)Nc2nc(C)cn2C(C)C)s1.